The molecule has 1 aliphatic rings. The summed E-state index contributed by atoms with van der Waals surface area (Å²) in [5.41, 5.74) is 1.35. The second-order valence-electron chi connectivity index (χ2n) is 4.90. The Labute approximate surface area is 118 Å². The number of aryl methyl sites for hydroxylation is 2. The Morgan fingerprint density at radius 3 is 2.85 bits per heavy atom. The quantitative estimate of drug-likeness (QED) is 0.781. The van der Waals surface area contributed by atoms with Crippen molar-refractivity contribution >= 4 is 11.9 Å². The highest BCUT2D eigenvalue weighted by Crippen LogP contribution is 2.21. The van der Waals surface area contributed by atoms with E-state index in [-0.39, 0.29) is 11.9 Å². The van der Waals surface area contributed by atoms with Gasteiger partial charge in [-0.15, -0.1) is 0 Å². The molecule has 2 rings (SSSR count). The van der Waals surface area contributed by atoms with Crippen LogP contribution < -0.4 is 0 Å². The highest BCUT2D eigenvalue weighted by atomic mass is 16.5. The van der Waals surface area contributed by atoms with Gasteiger partial charge in [-0.1, -0.05) is 0 Å². The van der Waals surface area contributed by atoms with E-state index in [9.17, 15) is 9.59 Å². The minimum Gasteiger partial charge on any atom is -0.464 e. The molecule has 1 saturated heterocycles. The molecule has 110 valence electrons. The van der Waals surface area contributed by atoms with Crippen LogP contribution in [0.2, 0.25) is 0 Å². The third-order valence-corrected chi connectivity index (χ3v) is 3.49. The molecule has 1 amide bonds. The Hall–Kier alpha value is -1.85. The van der Waals surface area contributed by atoms with Crippen LogP contribution in [0.15, 0.2) is 6.07 Å². The van der Waals surface area contributed by atoms with Crippen LogP contribution in [0, 0.1) is 6.92 Å². The Morgan fingerprint density at radius 2 is 2.20 bits per heavy atom. The van der Waals surface area contributed by atoms with E-state index in [0.717, 1.165) is 12.1 Å². The van der Waals surface area contributed by atoms with Gasteiger partial charge in [0.25, 0.3) is 5.91 Å². The molecule has 1 atom stereocenters. The molecule has 0 aromatic carbocycles. The minimum absolute atomic E-state index is 0.136. The van der Waals surface area contributed by atoms with Crippen LogP contribution in [0.5, 0.6) is 0 Å². The van der Waals surface area contributed by atoms with Gasteiger partial charge >= 0.3 is 5.97 Å². The average Bonchev–Trinajstić information content (AvgIpc) is 3.04. The summed E-state index contributed by atoms with van der Waals surface area (Å²) in [6.07, 6.45) is 1.50. The van der Waals surface area contributed by atoms with Crippen LogP contribution in [0.1, 0.15) is 42.9 Å². The summed E-state index contributed by atoms with van der Waals surface area (Å²) in [5.74, 6) is -0.444. The predicted octanol–water partition coefficient (Wildman–Crippen LogP) is 1.38. The Bertz CT molecular complexity index is 510. The summed E-state index contributed by atoms with van der Waals surface area (Å²) in [5, 5.41) is 4.28. The van der Waals surface area contributed by atoms with Gasteiger partial charge in [-0.2, -0.15) is 5.10 Å². The lowest BCUT2D eigenvalue weighted by molar-refractivity contribution is -0.147. The Balaban J connectivity index is 2.21. The van der Waals surface area contributed by atoms with Gasteiger partial charge in [0.15, 0.2) is 0 Å². The highest BCUT2D eigenvalue weighted by Gasteiger charge is 2.36. The third kappa shape index (κ3) is 2.69. The summed E-state index contributed by atoms with van der Waals surface area (Å²) in [6.45, 7) is 7.13. The molecular formula is C14H21N3O3. The molecule has 6 heteroatoms. The number of esters is 1. The Kier molecular flexibility index (Phi) is 4.42. The van der Waals surface area contributed by atoms with Crippen molar-refractivity contribution in [1.29, 1.82) is 0 Å². The Morgan fingerprint density at radius 1 is 1.45 bits per heavy atom. The van der Waals surface area contributed by atoms with Crippen molar-refractivity contribution in [2.45, 2.75) is 46.2 Å². The van der Waals surface area contributed by atoms with E-state index >= 15 is 0 Å². The molecule has 0 aliphatic carbocycles. The number of carbonyl (C=O) groups excluding carboxylic acids is 2. The van der Waals surface area contributed by atoms with Crippen molar-refractivity contribution in [3.63, 3.8) is 0 Å². The van der Waals surface area contributed by atoms with Crippen LogP contribution in [0.3, 0.4) is 0 Å². The molecule has 1 aliphatic heterocycles. The van der Waals surface area contributed by atoms with Gasteiger partial charge in [0, 0.05) is 13.1 Å². The third-order valence-electron chi connectivity index (χ3n) is 3.49. The van der Waals surface area contributed by atoms with Crippen molar-refractivity contribution in [1.82, 2.24) is 14.7 Å². The van der Waals surface area contributed by atoms with Gasteiger partial charge in [0.1, 0.15) is 11.7 Å². The van der Waals surface area contributed by atoms with Crippen LogP contribution in [-0.4, -0.2) is 45.8 Å². The fraction of sp³-hybridized carbons (Fsp3) is 0.643. The standard InChI is InChI=1S/C14H21N3O3/c1-4-17-12(9-10(3)15-17)13(18)16-8-6-7-11(16)14(19)20-5-2/h9,11H,4-8H2,1-3H3. The maximum Gasteiger partial charge on any atom is 0.328 e. The van der Waals surface area contributed by atoms with E-state index in [4.69, 9.17) is 4.74 Å². The van der Waals surface area contributed by atoms with Crippen molar-refractivity contribution in [3.05, 3.63) is 17.5 Å². The number of hydrogen-bond donors (Lipinski definition) is 0. The van der Waals surface area contributed by atoms with Crippen molar-refractivity contribution in [2.75, 3.05) is 13.2 Å². The van der Waals surface area contributed by atoms with Crippen molar-refractivity contribution in [2.24, 2.45) is 0 Å². The zero-order chi connectivity index (χ0) is 14.7. The smallest absolute Gasteiger partial charge is 0.328 e. The lowest BCUT2D eigenvalue weighted by Crippen LogP contribution is -2.42. The van der Waals surface area contributed by atoms with Gasteiger partial charge in [0.2, 0.25) is 0 Å². The molecule has 2 heterocycles. The summed E-state index contributed by atoms with van der Waals surface area (Å²) in [6, 6.07) is 1.31. The van der Waals surface area contributed by atoms with Crippen molar-refractivity contribution in [3.8, 4) is 0 Å². The predicted molar refractivity (Wildman–Crippen MR) is 73.3 cm³/mol. The first-order valence-electron chi connectivity index (χ1n) is 7.10. The van der Waals surface area contributed by atoms with Gasteiger partial charge in [0.05, 0.1) is 12.3 Å². The number of ether oxygens (including phenoxy) is 1. The van der Waals surface area contributed by atoms with Crippen LogP contribution in [0.25, 0.3) is 0 Å². The van der Waals surface area contributed by atoms with E-state index in [2.05, 4.69) is 5.10 Å². The molecule has 1 fully saturated rings. The zero-order valence-electron chi connectivity index (χ0n) is 12.3. The van der Waals surface area contributed by atoms with Crippen LogP contribution in [0.4, 0.5) is 0 Å². The minimum atomic E-state index is -0.456. The average molecular weight is 279 g/mol. The van der Waals surface area contributed by atoms with E-state index < -0.39 is 6.04 Å². The van der Waals surface area contributed by atoms with E-state index in [1.54, 1.807) is 22.6 Å². The summed E-state index contributed by atoms with van der Waals surface area (Å²) < 4.78 is 6.73. The maximum absolute atomic E-state index is 12.6. The molecule has 0 N–H and O–H groups in total. The van der Waals surface area contributed by atoms with E-state index in [1.165, 1.54) is 0 Å². The first-order valence-corrected chi connectivity index (χ1v) is 7.10. The lowest BCUT2D eigenvalue weighted by atomic mass is 10.2. The lowest BCUT2D eigenvalue weighted by Gasteiger charge is -2.23. The van der Waals surface area contributed by atoms with Gasteiger partial charge in [-0.25, -0.2) is 4.79 Å². The van der Waals surface area contributed by atoms with Crippen LogP contribution >= 0.6 is 0 Å². The summed E-state index contributed by atoms with van der Waals surface area (Å²) in [4.78, 5) is 26.1. The number of nitrogens with zero attached hydrogens (tertiary/aromatic N) is 3. The number of hydrogen-bond acceptors (Lipinski definition) is 4. The second kappa shape index (κ2) is 6.07. The fourth-order valence-corrected chi connectivity index (χ4v) is 2.60. The molecule has 0 radical (unpaired) electrons. The highest BCUT2D eigenvalue weighted by molar-refractivity contribution is 5.96. The fourth-order valence-electron chi connectivity index (χ4n) is 2.60. The molecule has 20 heavy (non-hydrogen) atoms. The molecule has 1 aromatic rings. The molecule has 1 aromatic heterocycles. The van der Waals surface area contributed by atoms with Crippen molar-refractivity contribution < 1.29 is 14.3 Å². The van der Waals surface area contributed by atoms with Crippen LogP contribution in [-0.2, 0) is 16.1 Å². The first-order chi connectivity index (χ1) is 9.58. The van der Waals surface area contributed by atoms with Gasteiger partial charge < -0.3 is 9.64 Å². The number of likely N-dealkylation sites (tertiary alicyclic amines) is 1. The number of aromatic nitrogens is 2. The summed E-state index contributed by atoms with van der Waals surface area (Å²) in [7, 11) is 0. The topological polar surface area (TPSA) is 64.4 Å². The molecule has 0 bridgehead atoms. The first kappa shape index (κ1) is 14.6. The zero-order valence-corrected chi connectivity index (χ0v) is 12.3. The molecule has 0 spiro atoms. The largest absolute Gasteiger partial charge is 0.464 e. The van der Waals surface area contributed by atoms with E-state index in [1.807, 2.05) is 13.8 Å². The van der Waals surface area contributed by atoms with E-state index in [0.29, 0.717) is 31.8 Å². The monoisotopic (exact) mass is 279 g/mol. The SMILES string of the molecule is CCOC(=O)C1CCCN1C(=O)c1cc(C)nn1CC. The number of amides is 1. The molecule has 0 saturated carbocycles. The second-order valence-corrected chi connectivity index (χ2v) is 4.90. The van der Waals surface area contributed by atoms with Gasteiger partial charge in [-0.3, -0.25) is 9.48 Å². The normalized spacial score (nSPS) is 18.4. The summed E-state index contributed by atoms with van der Waals surface area (Å²) >= 11 is 0. The molecule has 1 unspecified atom stereocenters. The van der Waals surface area contributed by atoms with Gasteiger partial charge in [-0.05, 0) is 39.7 Å². The number of rotatable bonds is 4. The number of carbonyl (C=O) groups is 2. The maximum atomic E-state index is 12.6. The molecular weight excluding hydrogens is 258 g/mol. The molecule has 6 nitrogen and oxygen atoms in total.